The number of likely N-dealkylation sites (N-methyl/N-ethyl adjacent to an activating group) is 1. The van der Waals surface area contributed by atoms with Crippen LogP contribution in [-0.2, 0) is 20.7 Å². The number of aryl methyl sites for hydroxylation is 1. The molecule has 1 unspecified atom stereocenters. The molecule has 1 fully saturated rings. The molecule has 23 heavy (non-hydrogen) atoms. The molecule has 6 heteroatoms. The summed E-state index contributed by atoms with van der Waals surface area (Å²) in [5, 5.41) is 5.97. The van der Waals surface area contributed by atoms with E-state index in [-0.39, 0.29) is 30.6 Å². The van der Waals surface area contributed by atoms with E-state index in [2.05, 4.69) is 22.8 Å². The van der Waals surface area contributed by atoms with E-state index < -0.39 is 0 Å². The fraction of sp³-hybridized carbons (Fsp3) is 0.529. The average Bonchev–Trinajstić information content (AvgIpc) is 2.53. The normalized spacial score (nSPS) is 20.2. The summed E-state index contributed by atoms with van der Waals surface area (Å²) in [5.41, 5.74) is 2.47. The molecule has 1 aromatic carbocycles. The number of ether oxygens (including phenoxy) is 1. The Bertz CT molecular complexity index is 584. The van der Waals surface area contributed by atoms with E-state index in [4.69, 9.17) is 4.74 Å². The largest absolute Gasteiger partial charge is 0.382 e. The Kier molecular flexibility index (Phi) is 4.81. The summed E-state index contributed by atoms with van der Waals surface area (Å²) < 4.78 is 5.43. The van der Waals surface area contributed by atoms with Crippen LogP contribution in [0.3, 0.4) is 0 Å². The topological polar surface area (TPSA) is 70.7 Å². The van der Waals surface area contributed by atoms with Crippen molar-refractivity contribution in [3.63, 3.8) is 0 Å². The predicted octanol–water partition coefficient (Wildman–Crippen LogP) is 0.777. The van der Waals surface area contributed by atoms with E-state index in [0.29, 0.717) is 19.5 Å². The van der Waals surface area contributed by atoms with Gasteiger partial charge in [-0.1, -0.05) is 18.2 Å². The number of anilines is 1. The number of hydrogen-bond donors (Lipinski definition) is 2. The average molecular weight is 317 g/mol. The molecule has 0 bridgehead atoms. The molecule has 0 aliphatic carbocycles. The van der Waals surface area contributed by atoms with Gasteiger partial charge in [0.15, 0.2) is 0 Å². The van der Waals surface area contributed by atoms with Gasteiger partial charge in [0.1, 0.15) is 6.61 Å². The molecule has 2 amide bonds. The van der Waals surface area contributed by atoms with Gasteiger partial charge in [0, 0.05) is 38.3 Å². The smallest absolute Gasteiger partial charge is 0.245 e. The van der Waals surface area contributed by atoms with Crippen LogP contribution in [0.15, 0.2) is 24.3 Å². The number of benzene rings is 1. The first kappa shape index (κ1) is 15.8. The molecule has 1 saturated heterocycles. The quantitative estimate of drug-likeness (QED) is 0.842. The fourth-order valence-electron chi connectivity index (χ4n) is 3.01. The van der Waals surface area contributed by atoms with Crippen LogP contribution < -0.4 is 10.6 Å². The summed E-state index contributed by atoms with van der Waals surface area (Å²) in [6, 6.07) is 8.45. The van der Waals surface area contributed by atoms with Crippen LogP contribution >= 0.6 is 0 Å². The molecule has 0 radical (unpaired) electrons. The molecule has 2 aliphatic heterocycles. The Morgan fingerprint density at radius 3 is 2.91 bits per heavy atom. The first-order chi connectivity index (χ1) is 11.2. The van der Waals surface area contributed by atoms with Crippen molar-refractivity contribution in [3.05, 3.63) is 29.8 Å². The van der Waals surface area contributed by atoms with Gasteiger partial charge in [-0.25, -0.2) is 0 Å². The van der Waals surface area contributed by atoms with Crippen LogP contribution in [0.25, 0.3) is 0 Å². The molecule has 6 nitrogen and oxygen atoms in total. The Labute approximate surface area is 136 Å². The maximum Gasteiger partial charge on any atom is 0.245 e. The zero-order valence-electron chi connectivity index (χ0n) is 13.4. The Balaban J connectivity index is 1.41. The van der Waals surface area contributed by atoms with E-state index in [1.165, 1.54) is 5.56 Å². The lowest BCUT2D eigenvalue weighted by Gasteiger charge is -2.39. The minimum Gasteiger partial charge on any atom is -0.382 e. The molecular formula is C17H23N3O3. The van der Waals surface area contributed by atoms with Crippen molar-refractivity contribution in [1.29, 1.82) is 0 Å². The lowest BCUT2D eigenvalue weighted by Crippen LogP contribution is -2.56. The van der Waals surface area contributed by atoms with E-state index in [1.54, 1.807) is 11.9 Å². The number of fused-ring (bicyclic) bond motifs is 1. The van der Waals surface area contributed by atoms with Gasteiger partial charge in [0.2, 0.25) is 11.8 Å². The number of carbonyl (C=O) groups excluding carboxylic acids is 2. The second-order valence-electron chi connectivity index (χ2n) is 6.15. The first-order valence-corrected chi connectivity index (χ1v) is 8.10. The molecule has 0 aromatic heterocycles. The van der Waals surface area contributed by atoms with Crippen LogP contribution in [0.5, 0.6) is 0 Å². The van der Waals surface area contributed by atoms with Gasteiger partial charge >= 0.3 is 0 Å². The molecule has 0 spiro atoms. The van der Waals surface area contributed by atoms with Crippen LogP contribution in [-0.4, -0.2) is 55.6 Å². The highest BCUT2D eigenvalue weighted by Gasteiger charge is 2.33. The molecule has 2 heterocycles. The minimum atomic E-state index is -0.139. The van der Waals surface area contributed by atoms with E-state index in [1.807, 2.05) is 12.1 Å². The predicted molar refractivity (Wildman–Crippen MR) is 87.2 cm³/mol. The summed E-state index contributed by atoms with van der Waals surface area (Å²) in [6.45, 7) is 1.22. The van der Waals surface area contributed by atoms with E-state index >= 15 is 0 Å². The van der Waals surface area contributed by atoms with E-state index in [0.717, 1.165) is 18.5 Å². The number of amides is 2. The van der Waals surface area contributed by atoms with Crippen LogP contribution in [0, 0.1) is 0 Å². The van der Waals surface area contributed by atoms with Crippen molar-refractivity contribution >= 4 is 17.5 Å². The van der Waals surface area contributed by atoms with Gasteiger partial charge in [-0.3, -0.25) is 9.59 Å². The summed E-state index contributed by atoms with van der Waals surface area (Å²) in [5.74, 6) is 0.0153. The van der Waals surface area contributed by atoms with Crippen molar-refractivity contribution < 1.29 is 14.3 Å². The highest BCUT2D eigenvalue weighted by Crippen LogP contribution is 2.26. The second-order valence-corrected chi connectivity index (χ2v) is 6.15. The molecule has 2 aliphatic rings. The monoisotopic (exact) mass is 317 g/mol. The molecule has 2 N–H and O–H groups in total. The number of hydrogen-bond acceptors (Lipinski definition) is 4. The number of carbonyl (C=O) groups is 2. The van der Waals surface area contributed by atoms with Crippen molar-refractivity contribution in [2.75, 3.05) is 32.1 Å². The first-order valence-electron chi connectivity index (χ1n) is 8.10. The molecular weight excluding hydrogens is 294 g/mol. The minimum absolute atomic E-state index is 0.0173. The number of para-hydroxylation sites is 1. The SMILES string of the molecule is CNC(=O)COC1CN(C(=O)CC2CCc3ccccc3N2)C1. The third-order valence-corrected chi connectivity index (χ3v) is 4.49. The van der Waals surface area contributed by atoms with Crippen LogP contribution in [0.4, 0.5) is 5.69 Å². The van der Waals surface area contributed by atoms with Crippen LogP contribution in [0.1, 0.15) is 18.4 Å². The summed E-state index contributed by atoms with van der Waals surface area (Å²) in [7, 11) is 1.58. The zero-order valence-corrected chi connectivity index (χ0v) is 13.4. The van der Waals surface area contributed by atoms with Gasteiger partial charge in [-0.2, -0.15) is 0 Å². The standard InChI is InChI=1S/C17H23N3O3/c1-18-16(21)11-23-14-9-20(10-14)17(22)8-13-7-6-12-4-2-3-5-15(12)19-13/h2-5,13-14,19H,6-11H2,1H3,(H,18,21). The molecule has 1 atom stereocenters. The Morgan fingerprint density at radius 2 is 2.13 bits per heavy atom. The molecule has 1 aromatic rings. The van der Waals surface area contributed by atoms with Crippen molar-refractivity contribution in [2.24, 2.45) is 0 Å². The summed E-state index contributed by atoms with van der Waals surface area (Å²) in [6.07, 6.45) is 2.49. The lowest BCUT2D eigenvalue weighted by atomic mass is 9.95. The van der Waals surface area contributed by atoms with Crippen LogP contribution in [0.2, 0.25) is 0 Å². The fourth-order valence-corrected chi connectivity index (χ4v) is 3.01. The Morgan fingerprint density at radius 1 is 1.35 bits per heavy atom. The van der Waals surface area contributed by atoms with Crippen molar-refractivity contribution in [1.82, 2.24) is 10.2 Å². The summed E-state index contributed by atoms with van der Waals surface area (Å²) in [4.78, 5) is 25.2. The third kappa shape index (κ3) is 3.82. The molecule has 3 rings (SSSR count). The highest BCUT2D eigenvalue weighted by molar-refractivity contribution is 5.79. The summed E-state index contributed by atoms with van der Waals surface area (Å²) >= 11 is 0. The number of rotatable bonds is 5. The maximum atomic E-state index is 12.3. The highest BCUT2D eigenvalue weighted by atomic mass is 16.5. The molecule has 0 saturated carbocycles. The zero-order chi connectivity index (χ0) is 16.2. The number of likely N-dealkylation sites (tertiary alicyclic amines) is 1. The second kappa shape index (κ2) is 7.00. The van der Waals surface area contributed by atoms with E-state index in [9.17, 15) is 9.59 Å². The lowest BCUT2D eigenvalue weighted by molar-refractivity contribution is -0.147. The van der Waals surface area contributed by atoms with Gasteiger partial charge in [0.05, 0.1) is 6.10 Å². The number of nitrogens with zero attached hydrogens (tertiary/aromatic N) is 1. The maximum absolute atomic E-state index is 12.3. The van der Waals surface area contributed by atoms with Gasteiger partial charge in [0.25, 0.3) is 0 Å². The molecule has 124 valence electrons. The Hall–Kier alpha value is -2.08. The van der Waals surface area contributed by atoms with Crippen molar-refractivity contribution in [3.8, 4) is 0 Å². The van der Waals surface area contributed by atoms with Gasteiger partial charge in [-0.05, 0) is 24.5 Å². The van der Waals surface area contributed by atoms with Crippen molar-refractivity contribution in [2.45, 2.75) is 31.4 Å². The third-order valence-electron chi connectivity index (χ3n) is 4.49. The van der Waals surface area contributed by atoms with Gasteiger partial charge < -0.3 is 20.3 Å². The van der Waals surface area contributed by atoms with Gasteiger partial charge in [-0.15, -0.1) is 0 Å². The number of nitrogens with one attached hydrogen (secondary N) is 2.